The molecule has 0 aliphatic heterocycles. The highest BCUT2D eigenvalue weighted by molar-refractivity contribution is 5.69. The van der Waals surface area contributed by atoms with Gasteiger partial charge < -0.3 is 19.1 Å². The van der Waals surface area contributed by atoms with Gasteiger partial charge in [-0.3, -0.25) is 4.79 Å². The summed E-state index contributed by atoms with van der Waals surface area (Å²) in [6.45, 7) is 4.96. The largest absolute Gasteiger partial charge is 0.464 e. The minimum absolute atomic E-state index is 0.0341. The lowest BCUT2D eigenvalue weighted by Crippen LogP contribution is -2.20. The second kappa shape index (κ2) is 16.5. The van der Waals surface area contributed by atoms with Gasteiger partial charge in [-0.05, 0) is 24.8 Å². The number of rotatable bonds is 14. The van der Waals surface area contributed by atoms with Gasteiger partial charge in [-0.15, -0.1) is 0 Å². The lowest BCUT2D eigenvalue weighted by molar-refractivity contribution is -0.145. The van der Waals surface area contributed by atoms with E-state index in [9.17, 15) is 4.79 Å². The Morgan fingerprint density at radius 2 is 1.76 bits per heavy atom. The van der Waals surface area contributed by atoms with Crippen molar-refractivity contribution in [2.45, 2.75) is 26.2 Å². The second-order valence-electron chi connectivity index (χ2n) is 5.17. The summed E-state index contributed by atoms with van der Waals surface area (Å²) in [6.07, 6.45) is 7.08. The van der Waals surface area contributed by atoms with E-state index >= 15 is 0 Å². The van der Waals surface area contributed by atoms with Crippen molar-refractivity contribution in [1.82, 2.24) is 4.90 Å². The Morgan fingerprint density at radius 3 is 2.40 bits per heavy atom. The number of likely N-dealkylation sites (N-methyl/N-ethyl adjacent to an activating group) is 1. The first-order valence-electron chi connectivity index (χ1n) is 8.34. The molecule has 0 heterocycles. The fraction of sp³-hybridized carbons (Fsp3) is 0.611. The molecule has 0 unspecified atom stereocenters. The number of hydrogen-bond donors (Lipinski definition) is 0. The molecule has 7 heteroatoms. The van der Waals surface area contributed by atoms with E-state index in [1.807, 2.05) is 0 Å². The lowest BCUT2D eigenvalue weighted by atomic mass is 10.3. The van der Waals surface area contributed by atoms with Crippen LogP contribution in [0, 0.1) is 22.7 Å². The molecule has 0 aliphatic rings. The molecule has 0 aromatic carbocycles. The van der Waals surface area contributed by atoms with Crippen LogP contribution in [0.15, 0.2) is 23.9 Å². The van der Waals surface area contributed by atoms with Gasteiger partial charge in [0.05, 0.1) is 32.8 Å². The molecule has 0 radical (unpaired) electrons. The maximum Gasteiger partial charge on any atom is 0.308 e. The number of esters is 1. The summed E-state index contributed by atoms with van der Waals surface area (Å²) in [5.74, 6) is -0.305. The first-order chi connectivity index (χ1) is 12.1. The summed E-state index contributed by atoms with van der Waals surface area (Å²) >= 11 is 0. The van der Waals surface area contributed by atoms with E-state index in [2.05, 4.69) is 6.92 Å². The van der Waals surface area contributed by atoms with Gasteiger partial charge >= 0.3 is 5.97 Å². The molecule has 0 bridgehead atoms. The van der Waals surface area contributed by atoms with Crippen LogP contribution in [0.3, 0.4) is 0 Å². The zero-order valence-corrected chi connectivity index (χ0v) is 15.1. The predicted molar refractivity (Wildman–Crippen MR) is 93.2 cm³/mol. The fourth-order valence-corrected chi connectivity index (χ4v) is 1.56. The van der Waals surface area contributed by atoms with Crippen molar-refractivity contribution in [3.63, 3.8) is 0 Å². The van der Waals surface area contributed by atoms with E-state index in [-0.39, 0.29) is 24.6 Å². The van der Waals surface area contributed by atoms with Crippen LogP contribution in [0.5, 0.6) is 0 Å². The molecule has 0 fully saturated rings. The third kappa shape index (κ3) is 14.9. The van der Waals surface area contributed by atoms with E-state index in [0.29, 0.717) is 26.4 Å². The Hall–Kier alpha value is -2.35. The van der Waals surface area contributed by atoms with Crippen molar-refractivity contribution in [3.05, 3.63) is 23.9 Å². The standard InChI is InChI=1S/C18H27N3O4/c1-3-4-10-23-13-14-24-11-7-18(22)25-12-9-21(2)8-5-6-17(15-19)16-20/h5-6,8H,3-4,7,9-14H2,1-2H3. The van der Waals surface area contributed by atoms with Crippen molar-refractivity contribution in [2.75, 3.05) is 46.6 Å². The van der Waals surface area contributed by atoms with Crippen LogP contribution in [-0.4, -0.2) is 57.5 Å². The molecule has 0 spiro atoms. The second-order valence-corrected chi connectivity index (χ2v) is 5.17. The van der Waals surface area contributed by atoms with Crippen LogP contribution >= 0.6 is 0 Å². The number of nitriles is 2. The van der Waals surface area contributed by atoms with Crippen molar-refractivity contribution < 1.29 is 19.0 Å². The number of unbranched alkanes of at least 4 members (excludes halogenated alkanes) is 1. The summed E-state index contributed by atoms with van der Waals surface area (Å²) in [6, 6.07) is 3.53. The molecular weight excluding hydrogens is 322 g/mol. The average Bonchev–Trinajstić information content (AvgIpc) is 2.61. The molecule has 0 rings (SSSR count). The average molecular weight is 349 g/mol. The molecule has 0 atom stereocenters. The van der Waals surface area contributed by atoms with E-state index in [0.717, 1.165) is 19.4 Å². The number of hydrogen-bond acceptors (Lipinski definition) is 7. The molecule has 0 aliphatic carbocycles. The fourth-order valence-electron chi connectivity index (χ4n) is 1.56. The van der Waals surface area contributed by atoms with Gasteiger partial charge in [-0.2, -0.15) is 10.5 Å². The van der Waals surface area contributed by atoms with E-state index in [1.54, 1.807) is 36.4 Å². The smallest absolute Gasteiger partial charge is 0.308 e. The normalized spacial score (nSPS) is 10.1. The first-order valence-corrected chi connectivity index (χ1v) is 8.34. The van der Waals surface area contributed by atoms with Gasteiger partial charge in [0.2, 0.25) is 0 Å². The molecule has 0 aromatic rings. The minimum atomic E-state index is -0.305. The molecule has 0 saturated carbocycles. The van der Waals surface area contributed by atoms with Crippen LogP contribution in [0.2, 0.25) is 0 Å². The van der Waals surface area contributed by atoms with Gasteiger partial charge in [0.1, 0.15) is 24.3 Å². The number of allylic oxidation sites excluding steroid dienone is 3. The Balaban J connectivity index is 3.63. The number of carbonyl (C=O) groups excluding carboxylic acids is 1. The summed E-state index contributed by atoms with van der Waals surface area (Å²) in [5.41, 5.74) is 0.0341. The number of carbonyl (C=O) groups is 1. The molecule has 0 aromatic heterocycles. The van der Waals surface area contributed by atoms with E-state index in [4.69, 9.17) is 24.7 Å². The quantitative estimate of drug-likeness (QED) is 0.205. The Morgan fingerprint density at radius 1 is 1.08 bits per heavy atom. The maximum atomic E-state index is 11.5. The highest BCUT2D eigenvalue weighted by Crippen LogP contribution is 1.94. The number of nitrogens with zero attached hydrogens (tertiary/aromatic N) is 3. The summed E-state index contributed by atoms with van der Waals surface area (Å²) in [7, 11) is 1.80. The van der Waals surface area contributed by atoms with Gasteiger partial charge in [0, 0.05) is 13.7 Å². The molecule has 138 valence electrons. The first kappa shape index (κ1) is 22.6. The van der Waals surface area contributed by atoms with Gasteiger partial charge in [0.25, 0.3) is 0 Å². The van der Waals surface area contributed by atoms with Gasteiger partial charge in [-0.25, -0.2) is 0 Å². The Kier molecular flexibility index (Phi) is 15.0. The van der Waals surface area contributed by atoms with Gasteiger partial charge in [-0.1, -0.05) is 13.3 Å². The molecule has 25 heavy (non-hydrogen) atoms. The maximum absolute atomic E-state index is 11.5. The molecule has 7 nitrogen and oxygen atoms in total. The highest BCUT2D eigenvalue weighted by Gasteiger charge is 2.03. The molecule has 0 N–H and O–H groups in total. The van der Waals surface area contributed by atoms with Crippen molar-refractivity contribution in [3.8, 4) is 12.1 Å². The molecular formula is C18H27N3O4. The van der Waals surface area contributed by atoms with E-state index in [1.165, 1.54) is 6.08 Å². The van der Waals surface area contributed by atoms with Crippen molar-refractivity contribution in [2.24, 2.45) is 0 Å². The van der Waals surface area contributed by atoms with Crippen LogP contribution in [0.1, 0.15) is 26.2 Å². The zero-order valence-electron chi connectivity index (χ0n) is 15.1. The monoisotopic (exact) mass is 349 g/mol. The van der Waals surface area contributed by atoms with Crippen molar-refractivity contribution >= 4 is 5.97 Å². The third-order valence-corrected chi connectivity index (χ3v) is 3.02. The highest BCUT2D eigenvalue weighted by atomic mass is 16.5. The summed E-state index contributed by atoms with van der Waals surface area (Å²) < 4.78 is 15.7. The third-order valence-electron chi connectivity index (χ3n) is 3.02. The predicted octanol–water partition coefficient (Wildman–Crippen LogP) is 2.17. The lowest BCUT2D eigenvalue weighted by Gasteiger charge is -2.13. The van der Waals surface area contributed by atoms with Gasteiger partial charge in [0.15, 0.2) is 0 Å². The number of ether oxygens (including phenoxy) is 3. The van der Waals surface area contributed by atoms with Crippen LogP contribution in [0.4, 0.5) is 0 Å². The zero-order chi connectivity index (χ0) is 18.8. The van der Waals surface area contributed by atoms with Crippen LogP contribution in [-0.2, 0) is 19.0 Å². The minimum Gasteiger partial charge on any atom is -0.464 e. The topological polar surface area (TPSA) is 95.6 Å². The van der Waals surface area contributed by atoms with Crippen molar-refractivity contribution in [1.29, 1.82) is 10.5 Å². The summed E-state index contributed by atoms with van der Waals surface area (Å²) in [5, 5.41) is 17.2. The van der Waals surface area contributed by atoms with Crippen LogP contribution in [0.25, 0.3) is 0 Å². The molecule has 0 amide bonds. The SMILES string of the molecule is CCCCOCCOCCC(=O)OCCN(C)C=CC=C(C#N)C#N. The Bertz CT molecular complexity index is 487. The Labute approximate surface area is 150 Å². The van der Waals surface area contributed by atoms with Crippen LogP contribution < -0.4 is 0 Å². The van der Waals surface area contributed by atoms with E-state index < -0.39 is 0 Å². The molecule has 0 saturated heterocycles. The summed E-state index contributed by atoms with van der Waals surface area (Å²) in [4.78, 5) is 13.3.